The molecule has 0 atom stereocenters. The molecule has 6 nitrogen and oxygen atoms in total. The van der Waals surface area contributed by atoms with Gasteiger partial charge >= 0.3 is 0 Å². The summed E-state index contributed by atoms with van der Waals surface area (Å²) in [5.41, 5.74) is 2.33. The van der Waals surface area contributed by atoms with Crippen LogP contribution in [0.15, 0.2) is 24.5 Å². The second-order valence-electron chi connectivity index (χ2n) is 5.89. The van der Waals surface area contributed by atoms with Gasteiger partial charge in [0, 0.05) is 62.1 Å². The van der Waals surface area contributed by atoms with E-state index in [9.17, 15) is 4.79 Å². The van der Waals surface area contributed by atoms with Gasteiger partial charge in [0.15, 0.2) is 5.13 Å². The Labute approximate surface area is 140 Å². The number of carbonyl (C=O) groups excluding carboxylic acids is 1. The van der Waals surface area contributed by atoms with Gasteiger partial charge in [-0.25, -0.2) is 4.98 Å². The van der Waals surface area contributed by atoms with Crippen molar-refractivity contribution in [3.63, 3.8) is 0 Å². The summed E-state index contributed by atoms with van der Waals surface area (Å²) in [4.78, 5) is 23.0. The summed E-state index contributed by atoms with van der Waals surface area (Å²) in [7, 11) is 0. The predicted octanol–water partition coefficient (Wildman–Crippen LogP) is 1.78. The number of thiazole rings is 1. The molecule has 2 aromatic heterocycles. The Morgan fingerprint density at radius 1 is 1.43 bits per heavy atom. The number of carbonyl (C=O) groups is 1. The molecule has 1 aliphatic heterocycles. The van der Waals surface area contributed by atoms with E-state index in [1.165, 1.54) is 28.7 Å². The highest BCUT2D eigenvalue weighted by Crippen LogP contribution is 2.22. The highest BCUT2D eigenvalue weighted by molar-refractivity contribution is 7.15. The first-order valence-electron chi connectivity index (χ1n) is 7.68. The minimum absolute atomic E-state index is 0.0783. The van der Waals surface area contributed by atoms with Crippen molar-refractivity contribution in [1.29, 1.82) is 0 Å². The fourth-order valence-electron chi connectivity index (χ4n) is 2.61. The molecule has 0 unspecified atom stereocenters. The standard InChI is InChI=1S/C16H21N5OS/c1-11-5-13(3-4-17-11)6-18-14-8-21(9-14)10-15-7-19-16(23-15)20-12(2)22/h3-5,7,14,18H,6,8-10H2,1-2H3,(H,19,20,22). The molecule has 0 aromatic carbocycles. The molecule has 0 spiro atoms. The Kier molecular flexibility index (Phi) is 5.00. The minimum atomic E-state index is -0.0783. The molecule has 1 aliphatic rings. The lowest BCUT2D eigenvalue weighted by Gasteiger charge is -2.39. The van der Waals surface area contributed by atoms with Crippen LogP contribution in [0.1, 0.15) is 23.1 Å². The van der Waals surface area contributed by atoms with Crippen molar-refractivity contribution in [2.75, 3.05) is 18.4 Å². The summed E-state index contributed by atoms with van der Waals surface area (Å²) in [6, 6.07) is 4.70. The molecule has 0 radical (unpaired) electrons. The molecule has 23 heavy (non-hydrogen) atoms. The molecule has 3 heterocycles. The van der Waals surface area contributed by atoms with Gasteiger partial charge in [-0.15, -0.1) is 11.3 Å². The molecule has 0 bridgehead atoms. The Bertz CT molecular complexity index is 681. The zero-order valence-corrected chi connectivity index (χ0v) is 14.2. The van der Waals surface area contributed by atoms with Gasteiger partial charge in [-0.05, 0) is 24.6 Å². The van der Waals surface area contributed by atoms with Gasteiger partial charge in [0.25, 0.3) is 0 Å². The number of nitrogens with zero attached hydrogens (tertiary/aromatic N) is 3. The fraction of sp³-hybridized carbons (Fsp3) is 0.438. The summed E-state index contributed by atoms with van der Waals surface area (Å²) in [5.74, 6) is -0.0783. The monoisotopic (exact) mass is 331 g/mol. The molecule has 1 fully saturated rings. The van der Waals surface area contributed by atoms with Crippen molar-refractivity contribution < 1.29 is 4.79 Å². The van der Waals surface area contributed by atoms with E-state index >= 15 is 0 Å². The number of aromatic nitrogens is 2. The molecule has 1 amide bonds. The topological polar surface area (TPSA) is 70.2 Å². The fourth-order valence-corrected chi connectivity index (χ4v) is 3.51. The average molecular weight is 331 g/mol. The normalized spacial score (nSPS) is 15.4. The molecule has 122 valence electrons. The lowest BCUT2D eigenvalue weighted by Crippen LogP contribution is -2.56. The molecule has 0 aliphatic carbocycles. The molecule has 2 aromatic rings. The van der Waals surface area contributed by atoms with E-state index in [1.807, 2.05) is 19.3 Å². The van der Waals surface area contributed by atoms with E-state index in [1.54, 1.807) is 0 Å². The third kappa shape index (κ3) is 4.57. The molecule has 0 saturated carbocycles. The average Bonchev–Trinajstić information content (AvgIpc) is 2.87. The maximum atomic E-state index is 11.0. The van der Waals surface area contributed by atoms with E-state index in [0.717, 1.165) is 31.9 Å². The van der Waals surface area contributed by atoms with Crippen molar-refractivity contribution in [3.8, 4) is 0 Å². The Balaban J connectivity index is 1.39. The number of rotatable bonds is 6. The van der Waals surface area contributed by atoms with Crippen LogP contribution in [0.5, 0.6) is 0 Å². The van der Waals surface area contributed by atoms with E-state index in [2.05, 4.69) is 37.6 Å². The molecule has 2 N–H and O–H groups in total. The number of hydrogen-bond acceptors (Lipinski definition) is 6. The SMILES string of the molecule is CC(=O)Nc1ncc(CN2CC(NCc3ccnc(C)c3)C2)s1. The van der Waals surface area contributed by atoms with Crippen LogP contribution >= 0.6 is 11.3 Å². The molecular weight excluding hydrogens is 310 g/mol. The van der Waals surface area contributed by atoms with Crippen LogP contribution in [0.4, 0.5) is 5.13 Å². The van der Waals surface area contributed by atoms with Crippen LogP contribution < -0.4 is 10.6 Å². The van der Waals surface area contributed by atoms with Crippen LogP contribution in [0.25, 0.3) is 0 Å². The highest BCUT2D eigenvalue weighted by atomic mass is 32.1. The molecule has 3 rings (SSSR count). The van der Waals surface area contributed by atoms with Crippen molar-refractivity contribution in [1.82, 2.24) is 20.2 Å². The smallest absolute Gasteiger partial charge is 0.223 e. The first kappa shape index (κ1) is 16.0. The number of aryl methyl sites for hydroxylation is 1. The summed E-state index contributed by atoms with van der Waals surface area (Å²) in [6.07, 6.45) is 3.70. The van der Waals surface area contributed by atoms with E-state index < -0.39 is 0 Å². The zero-order valence-electron chi connectivity index (χ0n) is 13.4. The zero-order chi connectivity index (χ0) is 16.2. The third-order valence-electron chi connectivity index (χ3n) is 3.73. The van der Waals surface area contributed by atoms with Crippen LogP contribution in [0, 0.1) is 6.92 Å². The number of hydrogen-bond donors (Lipinski definition) is 2. The molecule has 1 saturated heterocycles. The number of amides is 1. The van der Waals surface area contributed by atoms with Crippen LogP contribution in [0.3, 0.4) is 0 Å². The van der Waals surface area contributed by atoms with E-state index in [4.69, 9.17) is 0 Å². The second kappa shape index (κ2) is 7.16. The van der Waals surface area contributed by atoms with Crippen molar-refractivity contribution in [2.45, 2.75) is 33.0 Å². The van der Waals surface area contributed by atoms with E-state index in [0.29, 0.717) is 11.2 Å². The summed E-state index contributed by atoms with van der Waals surface area (Å²) in [6.45, 7) is 7.36. The highest BCUT2D eigenvalue weighted by Gasteiger charge is 2.26. The second-order valence-corrected chi connectivity index (χ2v) is 7.01. The maximum Gasteiger partial charge on any atom is 0.223 e. The van der Waals surface area contributed by atoms with E-state index in [-0.39, 0.29) is 5.91 Å². The lowest BCUT2D eigenvalue weighted by atomic mass is 10.1. The largest absolute Gasteiger partial charge is 0.307 e. The number of likely N-dealkylation sites (tertiary alicyclic amines) is 1. The Morgan fingerprint density at radius 3 is 3.00 bits per heavy atom. The van der Waals surface area contributed by atoms with Crippen molar-refractivity contribution in [2.24, 2.45) is 0 Å². The first-order valence-corrected chi connectivity index (χ1v) is 8.50. The van der Waals surface area contributed by atoms with Gasteiger partial charge in [0.2, 0.25) is 5.91 Å². The Morgan fingerprint density at radius 2 is 2.26 bits per heavy atom. The van der Waals surface area contributed by atoms with Gasteiger partial charge in [0.1, 0.15) is 0 Å². The van der Waals surface area contributed by atoms with Crippen molar-refractivity contribution >= 4 is 22.4 Å². The van der Waals surface area contributed by atoms with Gasteiger partial charge < -0.3 is 10.6 Å². The lowest BCUT2D eigenvalue weighted by molar-refractivity contribution is -0.114. The summed E-state index contributed by atoms with van der Waals surface area (Å²) < 4.78 is 0. The number of pyridine rings is 1. The van der Waals surface area contributed by atoms with Gasteiger partial charge in [0.05, 0.1) is 0 Å². The quantitative estimate of drug-likeness (QED) is 0.844. The Hall–Kier alpha value is -1.83. The van der Waals surface area contributed by atoms with Gasteiger partial charge in [-0.1, -0.05) is 0 Å². The van der Waals surface area contributed by atoms with Gasteiger partial charge in [-0.3, -0.25) is 14.7 Å². The van der Waals surface area contributed by atoms with Crippen molar-refractivity contribution in [3.05, 3.63) is 40.7 Å². The van der Waals surface area contributed by atoms with Crippen LogP contribution in [0.2, 0.25) is 0 Å². The molecule has 7 heteroatoms. The molecular formula is C16H21N5OS. The first-order chi connectivity index (χ1) is 11.1. The number of anilines is 1. The predicted molar refractivity (Wildman–Crippen MR) is 91.3 cm³/mol. The summed E-state index contributed by atoms with van der Waals surface area (Å²) in [5, 5.41) is 6.97. The minimum Gasteiger partial charge on any atom is -0.307 e. The maximum absolute atomic E-state index is 11.0. The number of nitrogens with one attached hydrogen (secondary N) is 2. The summed E-state index contributed by atoms with van der Waals surface area (Å²) >= 11 is 1.54. The van der Waals surface area contributed by atoms with Crippen LogP contribution in [-0.4, -0.2) is 39.9 Å². The third-order valence-corrected chi connectivity index (χ3v) is 4.63. The van der Waals surface area contributed by atoms with Gasteiger partial charge in [-0.2, -0.15) is 0 Å². The van der Waals surface area contributed by atoms with Crippen LogP contribution in [-0.2, 0) is 17.9 Å².